The number of rotatable bonds is 1. The molecule has 0 spiro atoms. The molecular weight excluding hydrogens is 237 g/mol. The molecular formula is C12H10FN3S. The second kappa shape index (κ2) is 3.56. The lowest BCUT2D eigenvalue weighted by Gasteiger charge is -2.03. The Morgan fingerprint density at radius 1 is 1.41 bits per heavy atom. The zero-order valence-electron chi connectivity index (χ0n) is 9.14. The fraction of sp³-hybridized carbons (Fsp3) is 0.0833. The van der Waals surface area contributed by atoms with Gasteiger partial charge in [0.25, 0.3) is 0 Å². The Balaban J connectivity index is 2.38. The van der Waals surface area contributed by atoms with E-state index in [2.05, 4.69) is 4.98 Å². The van der Waals surface area contributed by atoms with E-state index in [1.807, 2.05) is 21.4 Å². The van der Waals surface area contributed by atoms with Crippen LogP contribution in [0, 0.1) is 12.7 Å². The Labute approximate surface area is 101 Å². The van der Waals surface area contributed by atoms with Gasteiger partial charge < -0.3 is 5.73 Å². The Kier molecular flexibility index (Phi) is 2.16. The maximum absolute atomic E-state index is 13.4. The summed E-state index contributed by atoms with van der Waals surface area (Å²) in [5.74, 6) is 0.121. The molecule has 5 heteroatoms. The Morgan fingerprint density at radius 2 is 2.24 bits per heavy atom. The van der Waals surface area contributed by atoms with Gasteiger partial charge in [0.2, 0.25) is 5.95 Å². The summed E-state index contributed by atoms with van der Waals surface area (Å²) in [4.78, 5) is 4.18. The van der Waals surface area contributed by atoms with Gasteiger partial charge in [0.1, 0.15) is 5.82 Å². The molecule has 0 saturated carbocycles. The lowest BCUT2D eigenvalue weighted by Crippen LogP contribution is -1.99. The van der Waals surface area contributed by atoms with Gasteiger partial charge in [-0.2, -0.15) is 11.3 Å². The molecule has 0 saturated heterocycles. The number of fused-ring (bicyclic) bond motifs is 1. The van der Waals surface area contributed by atoms with E-state index < -0.39 is 0 Å². The minimum absolute atomic E-state index is 0.257. The third-order valence-electron chi connectivity index (χ3n) is 2.73. The second-order valence-corrected chi connectivity index (χ2v) is 4.66. The number of hydrogen-bond donors (Lipinski definition) is 1. The molecule has 0 atom stereocenters. The number of hydrogen-bond acceptors (Lipinski definition) is 3. The van der Waals surface area contributed by atoms with Crippen LogP contribution < -0.4 is 5.73 Å². The molecule has 0 radical (unpaired) electrons. The summed E-state index contributed by atoms with van der Waals surface area (Å²) in [5.41, 5.74) is 8.84. The van der Waals surface area contributed by atoms with Crippen molar-refractivity contribution in [3.63, 3.8) is 0 Å². The molecule has 0 bridgehead atoms. The Hall–Kier alpha value is -1.88. The Morgan fingerprint density at radius 3 is 2.94 bits per heavy atom. The van der Waals surface area contributed by atoms with Crippen LogP contribution in [-0.4, -0.2) is 9.55 Å². The first-order chi connectivity index (χ1) is 8.16. The molecule has 3 aromatic rings. The van der Waals surface area contributed by atoms with E-state index in [-0.39, 0.29) is 5.82 Å². The summed E-state index contributed by atoms with van der Waals surface area (Å²) in [5, 5.41) is 3.95. The third kappa shape index (κ3) is 1.51. The van der Waals surface area contributed by atoms with Crippen molar-refractivity contribution in [1.82, 2.24) is 9.55 Å². The predicted molar refractivity (Wildman–Crippen MR) is 68.1 cm³/mol. The van der Waals surface area contributed by atoms with Crippen LogP contribution in [0.1, 0.15) is 5.56 Å². The minimum Gasteiger partial charge on any atom is -0.369 e. The largest absolute Gasteiger partial charge is 0.369 e. The highest BCUT2D eigenvalue weighted by Crippen LogP contribution is 2.26. The van der Waals surface area contributed by atoms with Crippen LogP contribution >= 0.6 is 11.3 Å². The molecule has 86 valence electrons. The molecule has 2 heterocycles. The van der Waals surface area contributed by atoms with Gasteiger partial charge in [-0.1, -0.05) is 0 Å². The van der Waals surface area contributed by atoms with Gasteiger partial charge in [-0.05, 0) is 30.0 Å². The number of benzene rings is 1. The number of thiophene rings is 1. The summed E-state index contributed by atoms with van der Waals surface area (Å²) in [6, 6.07) is 5.15. The highest BCUT2D eigenvalue weighted by molar-refractivity contribution is 7.08. The van der Waals surface area contributed by atoms with Gasteiger partial charge in [-0.15, -0.1) is 0 Å². The fourth-order valence-corrected chi connectivity index (χ4v) is 2.50. The highest BCUT2D eigenvalue weighted by Gasteiger charge is 2.12. The molecule has 3 rings (SSSR count). The van der Waals surface area contributed by atoms with Crippen LogP contribution in [-0.2, 0) is 0 Å². The lowest BCUT2D eigenvalue weighted by atomic mass is 10.2. The van der Waals surface area contributed by atoms with Crippen molar-refractivity contribution in [2.75, 3.05) is 5.73 Å². The van der Waals surface area contributed by atoms with Crippen LogP contribution in [0.5, 0.6) is 0 Å². The molecule has 0 aliphatic rings. The third-order valence-corrected chi connectivity index (χ3v) is 3.40. The van der Waals surface area contributed by atoms with Gasteiger partial charge >= 0.3 is 0 Å². The number of nitrogen functional groups attached to an aromatic ring is 1. The minimum atomic E-state index is -0.257. The lowest BCUT2D eigenvalue weighted by molar-refractivity contribution is 0.620. The van der Waals surface area contributed by atoms with Crippen molar-refractivity contribution in [3.05, 3.63) is 40.3 Å². The summed E-state index contributed by atoms with van der Waals surface area (Å²) in [6.07, 6.45) is 0. The smallest absolute Gasteiger partial charge is 0.205 e. The van der Waals surface area contributed by atoms with Gasteiger partial charge in [-0.25, -0.2) is 9.37 Å². The first-order valence-electron chi connectivity index (χ1n) is 5.13. The van der Waals surface area contributed by atoms with Crippen LogP contribution in [0.2, 0.25) is 0 Å². The van der Waals surface area contributed by atoms with E-state index in [0.29, 0.717) is 17.0 Å². The zero-order valence-corrected chi connectivity index (χ0v) is 9.96. The summed E-state index contributed by atoms with van der Waals surface area (Å²) < 4.78 is 15.3. The maximum atomic E-state index is 13.4. The van der Waals surface area contributed by atoms with Gasteiger partial charge in [0, 0.05) is 11.4 Å². The van der Waals surface area contributed by atoms with E-state index in [0.717, 1.165) is 11.2 Å². The number of imidazole rings is 1. The maximum Gasteiger partial charge on any atom is 0.205 e. The molecule has 0 fully saturated rings. The average Bonchev–Trinajstić information content (AvgIpc) is 2.86. The first-order valence-corrected chi connectivity index (χ1v) is 6.08. The summed E-state index contributed by atoms with van der Waals surface area (Å²) in [7, 11) is 0. The SMILES string of the molecule is Cc1cc2c(cc1F)nc(N)n2-c1ccsc1. The molecule has 0 amide bonds. The molecule has 0 aliphatic carbocycles. The quantitative estimate of drug-likeness (QED) is 0.718. The number of nitrogens with zero attached hydrogens (tertiary/aromatic N) is 2. The van der Waals surface area contributed by atoms with Gasteiger partial charge in [0.15, 0.2) is 0 Å². The second-order valence-electron chi connectivity index (χ2n) is 3.88. The van der Waals surface area contributed by atoms with Crippen molar-refractivity contribution in [2.24, 2.45) is 0 Å². The van der Waals surface area contributed by atoms with Crippen LogP contribution in [0.4, 0.5) is 10.3 Å². The Bertz CT molecular complexity index is 685. The number of anilines is 1. The number of nitrogens with two attached hydrogens (primary N) is 1. The van der Waals surface area contributed by atoms with Crippen LogP contribution in [0.25, 0.3) is 16.7 Å². The van der Waals surface area contributed by atoms with Crippen molar-refractivity contribution in [1.29, 1.82) is 0 Å². The van der Waals surface area contributed by atoms with E-state index in [1.54, 1.807) is 24.3 Å². The average molecular weight is 247 g/mol. The zero-order chi connectivity index (χ0) is 12.0. The topological polar surface area (TPSA) is 43.8 Å². The summed E-state index contributed by atoms with van der Waals surface area (Å²) >= 11 is 1.58. The monoisotopic (exact) mass is 247 g/mol. The standard InChI is InChI=1S/C12H10FN3S/c1-7-4-11-10(5-9(7)13)15-12(14)16(11)8-2-3-17-6-8/h2-6H,1H3,(H2,14,15). The van der Waals surface area contributed by atoms with E-state index in [9.17, 15) is 4.39 Å². The van der Waals surface area contributed by atoms with Crippen molar-refractivity contribution < 1.29 is 4.39 Å². The van der Waals surface area contributed by atoms with E-state index >= 15 is 0 Å². The van der Waals surface area contributed by atoms with Crippen molar-refractivity contribution in [2.45, 2.75) is 6.92 Å². The highest BCUT2D eigenvalue weighted by atomic mass is 32.1. The van der Waals surface area contributed by atoms with Gasteiger partial charge in [0.05, 0.1) is 16.7 Å². The van der Waals surface area contributed by atoms with Crippen molar-refractivity contribution in [3.8, 4) is 5.69 Å². The number of aryl methyl sites for hydroxylation is 1. The molecule has 0 aliphatic heterocycles. The van der Waals surface area contributed by atoms with Crippen LogP contribution in [0.3, 0.4) is 0 Å². The fourth-order valence-electron chi connectivity index (χ4n) is 1.88. The molecule has 0 unspecified atom stereocenters. The predicted octanol–water partition coefficient (Wildman–Crippen LogP) is 3.12. The number of halogens is 1. The van der Waals surface area contributed by atoms with Crippen molar-refractivity contribution >= 4 is 28.3 Å². The summed E-state index contributed by atoms with van der Waals surface area (Å²) in [6.45, 7) is 1.73. The number of aromatic nitrogens is 2. The normalized spacial score (nSPS) is 11.2. The van der Waals surface area contributed by atoms with Gasteiger partial charge in [-0.3, -0.25) is 4.57 Å². The molecule has 2 aromatic heterocycles. The molecule has 17 heavy (non-hydrogen) atoms. The van der Waals surface area contributed by atoms with E-state index in [1.165, 1.54) is 6.07 Å². The first kappa shape index (κ1) is 10.3. The molecule has 1 aromatic carbocycles. The molecule has 2 N–H and O–H groups in total. The molecule has 3 nitrogen and oxygen atoms in total. The van der Waals surface area contributed by atoms with E-state index in [4.69, 9.17) is 5.73 Å². The van der Waals surface area contributed by atoms with Crippen LogP contribution in [0.15, 0.2) is 29.0 Å².